The lowest BCUT2D eigenvalue weighted by atomic mass is 10.1. The van der Waals surface area contributed by atoms with Crippen molar-refractivity contribution in [2.75, 3.05) is 11.6 Å². The third-order valence-electron chi connectivity index (χ3n) is 3.68. The maximum Gasteiger partial charge on any atom is 0.283 e. The third-order valence-corrected chi connectivity index (χ3v) is 4.16. The molecule has 2 aromatic carbocycles. The Morgan fingerprint density at radius 3 is 2.67 bits per heavy atom. The van der Waals surface area contributed by atoms with Crippen molar-refractivity contribution < 1.29 is 18.3 Å². The van der Waals surface area contributed by atoms with E-state index in [-0.39, 0.29) is 23.2 Å². The Morgan fingerprint density at radius 2 is 2.00 bits per heavy atom. The summed E-state index contributed by atoms with van der Waals surface area (Å²) in [5.74, 6) is -0.935. The summed E-state index contributed by atoms with van der Waals surface area (Å²) in [6, 6.07) is 7.39. The normalized spacial score (nSPS) is 10.5. The van der Waals surface area contributed by atoms with Crippen LogP contribution in [0, 0.1) is 18.6 Å². The van der Waals surface area contributed by atoms with Crippen molar-refractivity contribution in [3.8, 4) is 5.75 Å². The van der Waals surface area contributed by atoms with Crippen molar-refractivity contribution in [2.45, 2.75) is 26.9 Å². The Labute approximate surface area is 144 Å². The number of benzene rings is 2. The molecule has 2 aromatic rings. The van der Waals surface area contributed by atoms with Crippen molar-refractivity contribution in [1.82, 2.24) is 0 Å². The molecule has 1 N–H and O–H groups in total. The largest absolute Gasteiger partial charge is 0.486 e. The van der Waals surface area contributed by atoms with Crippen LogP contribution in [-0.2, 0) is 13.0 Å². The van der Waals surface area contributed by atoms with Crippen LogP contribution in [-0.4, -0.2) is 11.5 Å². The monoisotopic (exact) mass is 351 g/mol. The second-order valence-electron chi connectivity index (χ2n) is 5.23. The van der Waals surface area contributed by atoms with Crippen LogP contribution in [0.15, 0.2) is 30.3 Å². The Morgan fingerprint density at radius 1 is 1.25 bits per heavy atom. The summed E-state index contributed by atoms with van der Waals surface area (Å²) in [6.07, 6.45) is 2.35. The van der Waals surface area contributed by atoms with Gasteiger partial charge < -0.3 is 10.1 Å². The lowest BCUT2D eigenvalue weighted by Gasteiger charge is -2.14. The summed E-state index contributed by atoms with van der Waals surface area (Å²) < 4.78 is 33.6. The molecule has 0 aliphatic rings. The fraction of sp³-hybridized carbons (Fsp3) is 0.278. The highest BCUT2D eigenvalue weighted by Gasteiger charge is 2.14. The molecule has 0 saturated carbocycles. The number of amides is 1. The maximum atomic E-state index is 14.1. The molecule has 3 nitrogen and oxygen atoms in total. The van der Waals surface area contributed by atoms with E-state index in [1.807, 2.05) is 13.8 Å². The first-order chi connectivity index (χ1) is 11.5. The molecule has 0 fully saturated rings. The average Bonchev–Trinajstić information content (AvgIpc) is 2.56. The van der Waals surface area contributed by atoms with Crippen molar-refractivity contribution in [3.05, 3.63) is 58.7 Å². The summed E-state index contributed by atoms with van der Waals surface area (Å²) >= 11 is 0.984. The average molecular weight is 351 g/mol. The lowest BCUT2D eigenvalue weighted by Crippen LogP contribution is -2.10. The van der Waals surface area contributed by atoms with Crippen LogP contribution >= 0.6 is 11.8 Å². The van der Waals surface area contributed by atoms with E-state index < -0.39 is 11.6 Å². The number of carbonyl (C=O) groups excluding carboxylic acids is 1. The highest BCUT2D eigenvalue weighted by atomic mass is 32.2. The van der Waals surface area contributed by atoms with Gasteiger partial charge in [-0.3, -0.25) is 4.79 Å². The Hall–Kier alpha value is -2.08. The Balaban J connectivity index is 2.23. The van der Waals surface area contributed by atoms with Gasteiger partial charge >= 0.3 is 0 Å². The molecular formula is C18H19F2NO2S. The third kappa shape index (κ3) is 4.26. The van der Waals surface area contributed by atoms with Gasteiger partial charge in [0.05, 0.1) is 5.69 Å². The number of aryl methyl sites for hydroxylation is 2. The lowest BCUT2D eigenvalue weighted by molar-refractivity contribution is 0.269. The van der Waals surface area contributed by atoms with Gasteiger partial charge in [-0.15, -0.1) is 0 Å². The van der Waals surface area contributed by atoms with Gasteiger partial charge in [-0.1, -0.05) is 24.8 Å². The molecule has 1 amide bonds. The van der Waals surface area contributed by atoms with E-state index >= 15 is 0 Å². The van der Waals surface area contributed by atoms with Crippen molar-refractivity contribution >= 4 is 22.7 Å². The minimum atomic E-state index is -0.517. The number of nitrogens with one attached hydrogen (secondary N) is 1. The highest BCUT2D eigenvalue weighted by Crippen LogP contribution is 2.26. The van der Waals surface area contributed by atoms with Gasteiger partial charge in [0, 0.05) is 5.56 Å². The number of anilines is 1. The van der Waals surface area contributed by atoms with Crippen LogP contribution in [0.25, 0.3) is 0 Å². The van der Waals surface area contributed by atoms with Crippen LogP contribution in [0.2, 0.25) is 0 Å². The van der Waals surface area contributed by atoms with E-state index in [0.29, 0.717) is 5.69 Å². The smallest absolute Gasteiger partial charge is 0.283 e. The van der Waals surface area contributed by atoms with Gasteiger partial charge in [-0.05, 0) is 55.0 Å². The zero-order valence-electron chi connectivity index (χ0n) is 13.8. The van der Waals surface area contributed by atoms with E-state index in [4.69, 9.17) is 4.74 Å². The number of hydrogen-bond acceptors (Lipinski definition) is 3. The molecule has 0 aliphatic heterocycles. The van der Waals surface area contributed by atoms with Gasteiger partial charge in [0.15, 0.2) is 11.6 Å². The van der Waals surface area contributed by atoms with Crippen molar-refractivity contribution in [2.24, 2.45) is 0 Å². The number of rotatable bonds is 5. The minimum absolute atomic E-state index is 0.0649. The minimum Gasteiger partial charge on any atom is -0.486 e. The second kappa shape index (κ2) is 8.15. The van der Waals surface area contributed by atoms with Crippen molar-refractivity contribution in [3.63, 3.8) is 0 Å². The van der Waals surface area contributed by atoms with Crippen LogP contribution in [0.3, 0.4) is 0 Å². The van der Waals surface area contributed by atoms with E-state index in [9.17, 15) is 13.6 Å². The van der Waals surface area contributed by atoms with E-state index in [1.165, 1.54) is 18.2 Å². The van der Waals surface area contributed by atoms with Gasteiger partial charge in [-0.25, -0.2) is 8.78 Å². The predicted octanol–water partition coefficient (Wildman–Crippen LogP) is 5.31. The van der Waals surface area contributed by atoms with Crippen LogP contribution in [0.4, 0.5) is 19.3 Å². The van der Waals surface area contributed by atoms with Crippen LogP contribution < -0.4 is 10.1 Å². The fourth-order valence-electron chi connectivity index (χ4n) is 2.32. The maximum absolute atomic E-state index is 14.1. The van der Waals surface area contributed by atoms with Gasteiger partial charge in [0.25, 0.3) is 5.24 Å². The van der Waals surface area contributed by atoms with Gasteiger partial charge in [-0.2, -0.15) is 0 Å². The summed E-state index contributed by atoms with van der Waals surface area (Å²) in [5, 5.41) is 2.28. The summed E-state index contributed by atoms with van der Waals surface area (Å²) in [7, 11) is 0. The molecule has 2 rings (SSSR count). The Kier molecular flexibility index (Phi) is 6.20. The first-order valence-corrected chi connectivity index (χ1v) is 8.72. The molecule has 0 aromatic heterocycles. The van der Waals surface area contributed by atoms with Crippen LogP contribution in [0.1, 0.15) is 23.6 Å². The van der Waals surface area contributed by atoms with Crippen molar-refractivity contribution in [1.29, 1.82) is 0 Å². The number of thioether (sulfide) groups is 1. The number of halogens is 2. The molecule has 0 bridgehead atoms. The SMILES string of the molecule is CCc1cc(F)c(OCc2c(F)cccc2NC(=O)SC)cc1C. The standard InChI is InChI=1S/C18H19F2NO2S/c1-4-12-9-15(20)17(8-11(12)2)23-10-13-14(19)6-5-7-16(13)21-18(22)24-3/h5-9H,4,10H2,1-3H3,(H,21,22). The highest BCUT2D eigenvalue weighted by molar-refractivity contribution is 8.13. The van der Waals surface area contributed by atoms with E-state index in [0.717, 1.165) is 29.3 Å². The molecule has 0 atom stereocenters. The number of ether oxygens (including phenoxy) is 1. The summed E-state index contributed by atoms with van der Waals surface area (Å²) in [5.41, 5.74) is 2.31. The second-order valence-corrected chi connectivity index (χ2v) is 6.01. The molecule has 128 valence electrons. The zero-order chi connectivity index (χ0) is 17.7. The molecule has 0 heterocycles. The molecular weight excluding hydrogens is 332 g/mol. The molecule has 0 spiro atoms. The van der Waals surface area contributed by atoms with Crippen LogP contribution in [0.5, 0.6) is 5.75 Å². The topological polar surface area (TPSA) is 38.3 Å². The number of hydrogen-bond donors (Lipinski definition) is 1. The molecule has 0 saturated heterocycles. The fourth-order valence-corrected chi connectivity index (χ4v) is 2.53. The van der Waals surface area contributed by atoms with E-state index in [1.54, 1.807) is 18.4 Å². The quantitative estimate of drug-likeness (QED) is 0.793. The molecule has 0 unspecified atom stereocenters. The molecule has 0 radical (unpaired) electrons. The first-order valence-electron chi connectivity index (χ1n) is 7.50. The molecule has 6 heteroatoms. The molecule has 0 aliphatic carbocycles. The van der Waals surface area contributed by atoms with E-state index in [2.05, 4.69) is 5.32 Å². The predicted molar refractivity (Wildman–Crippen MR) is 93.8 cm³/mol. The first kappa shape index (κ1) is 18.3. The van der Waals surface area contributed by atoms with Gasteiger partial charge in [0.2, 0.25) is 0 Å². The molecule has 24 heavy (non-hydrogen) atoms. The summed E-state index contributed by atoms with van der Waals surface area (Å²) in [6.45, 7) is 3.64. The zero-order valence-corrected chi connectivity index (χ0v) is 14.6. The van der Waals surface area contributed by atoms with Gasteiger partial charge in [0.1, 0.15) is 12.4 Å². The number of carbonyl (C=O) groups is 1. The Bertz CT molecular complexity index is 750. The summed E-state index contributed by atoms with van der Waals surface area (Å²) in [4.78, 5) is 11.5.